The van der Waals surface area contributed by atoms with Gasteiger partial charge in [0.05, 0.1) is 30.8 Å². The minimum Gasteiger partial charge on any atom is -0.436 e. The normalized spacial score (nSPS) is 16.4. The van der Waals surface area contributed by atoms with E-state index in [1.54, 1.807) is 13.2 Å². The molecule has 0 radical (unpaired) electrons. The summed E-state index contributed by atoms with van der Waals surface area (Å²) in [4.78, 5) is 49.4. The third-order valence-electron chi connectivity index (χ3n) is 8.58. The molecule has 3 rings (SSSR count). The van der Waals surface area contributed by atoms with Crippen LogP contribution in [0.4, 0.5) is 4.79 Å². The number of amides is 3. The van der Waals surface area contributed by atoms with Gasteiger partial charge in [0, 0.05) is 39.7 Å². The van der Waals surface area contributed by atoms with Gasteiger partial charge < -0.3 is 35.1 Å². The van der Waals surface area contributed by atoms with Crippen LogP contribution in [0.2, 0.25) is 0 Å². The molecule has 0 aliphatic heterocycles. The summed E-state index contributed by atoms with van der Waals surface area (Å²) >= 11 is 0. The number of imidazole rings is 1. The summed E-state index contributed by atoms with van der Waals surface area (Å²) in [6.07, 6.45) is 8.72. The molecule has 1 heterocycles. The maximum absolute atomic E-state index is 14.1. The smallest absolute Gasteiger partial charge is 0.408 e. The Balaban J connectivity index is 1.83. The van der Waals surface area contributed by atoms with Crippen LogP contribution in [0.3, 0.4) is 0 Å². The molecule has 1 fully saturated rings. The van der Waals surface area contributed by atoms with E-state index >= 15 is 0 Å². The van der Waals surface area contributed by atoms with Crippen molar-refractivity contribution >= 4 is 17.9 Å². The van der Waals surface area contributed by atoms with Crippen LogP contribution < -0.4 is 10.6 Å². The first-order valence-electron chi connectivity index (χ1n) is 16.4. The summed E-state index contributed by atoms with van der Waals surface area (Å²) in [5.41, 5.74) is 1.42. The molecule has 1 aliphatic rings. The lowest BCUT2D eigenvalue weighted by atomic mass is 9.83. The highest BCUT2D eigenvalue weighted by molar-refractivity contribution is 5.90. The molecule has 4 atom stereocenters. The fourth-order valence-corrected chi connectivity index (χ4v) is 5.90. The summed E-state index contributed by atoms with van der Waals surface area (Å²) in [5.74, 6) is -0.0286. The molecule has 0 bridgehead atoms. The second-order valence-corrected chi connectivity index (χ2v) is 12.6. The first kappa shape index (κ1) is 36.0. The maximum Gasteiger partial charge on any atom is 0.408 e. The van der Waals surface area contributed by atoms with Gasteiger partial charge >= 0.3 is 6.09 Å². The van der Waals surface area contributed by atoms with Gasteiger partial charge in [-0.1, -0.05) is 76.3 Å². The van der Waals surface area contributed by atoms with Crippen molar-refractivity contribution < 1.29 is 29.0 Å². The van der Waals surface area contributed by atoms with Gasteiger partial charge in [0.25, 0.3) is 5.91 Å². The number of nitrogens with zero attached hydrogens (tertiary/aromatic N) is 2. The highest BCUT2D eigenvalue weighted by Crippen LogP contribution is 2.29. The number of carbonyl (C=O) groups is 3. The van der Waals surface area contributed by atoms with Crippen molar-refractivity contribution in [1.82, 2.24) is 25.5 Å². The molecule has 250 valence electrons. The number of aromatic nitrogens is 2. The van der Waals surface area contributed by atoms with E-state index in [-0.39, 0.29) is 25.3 Å². The number of nitrogens with one attached hydrogen (secondary N) is 3. The molecule has 1 aromatic heterocycles. The molecule has 0 spiro atoms. The van der Waals surface area contributed by atoms with Crippen molar-refractivity contribution in [3.63, 3.8) is 0 Å². The largest absolute Gasteiger partial charge is 0.436 e. The number of likely N-dealkylation sites (N-methyl/N-ethyl adjacent to an activating group) is 1. The quantitative estimate of drug-likeness (QED) is 0.183. The van der Waals surface area contributed by atoms with Crippen LogP contribution in [0.25, 0.3) is 0 Å². The SMILES string of the molecule is COCCNC(=O)O[C@@H](Cc1ccccc1)C(=O)N(C)[C@@H](Cc1c[nH]cn1)C(=O)N[C@@H](CC1CCCCC1)[C@@H](O)CCC(C)C. The fraction of sp³-hybridized carbons (Fsp3) is 0.647. The molecule has 45 heavy (non-hydrogen) atoms. The lowest BCUT2D eigenvalue weighted by Gasteiger charge is -2.34. The average molecular weight is 628 g/mol. The van der Waals surface area contributed by atoms with E-state index in [1.807, 2.05) is 30.3 Å². The van der Waals surface area contributed by atoms with Crippen LogP contribution in [0.15, 0.2) is 42.9 Å². The van der Waals surface area contributed by atoms with Gasteiger partial charge in [-0.25, -0.2) is 9.78 Å². The summed E-state index contributed by atoms with van der Waals surface area (Å²) in [5, 5.41) is 17.0. The standard InChI is InChI=1S/C34H53N5O6/c1-24(2)15-16-30(40)28(19-25-11-7-5-8-12-25)38-32(41)29(21-27-22-35-23-37-27)39(3)33(42)31(20-26-13-9-6-10-14-26)45-34(43)36-17-18-44-4/h6,9-10,13-14,22-25,28-31,40H,5,7-8,11-12,15-21H2,1-4H3,(H,35,37)(H,36,43)(H,38,41)/t28-,29-,30-,31-/m0/s1. The van der Waals surface area contributed by atoms with Gasteiger partial charge in [-0.15, -0.1) is 0 Å². The number of carbonyl (C=O) groups excluding carboxylic acids is 3. The van der Waals surface area contributed by atoms with Crippen molar-refractivity contribution in [3.8, 4) is 0 Å². The zero-order valence-electron chi connectivity index (χ0n) is 27.4. The molecule has 3 amide bonds. The molecule has 1 aliphatic carbocycles. The third kappa shape index (κ3) is 12.5. The maximum atomic E-state index is 14.1. The summed E-state index contributed by atoms with van der Waals surface area (Å²) in [6, 6.07) is 7.89. The number of aliphatic hydroxyl groups is 1. The topological polar surface area (TPSA) is 146 Å². The number of H-pyrrole nitrogens is 1. The Morgan fingerprint density at radius 1 is 1.09 bits per heavy atom. The molecule has 0 saturated heterocycles. The minimum absolute atomic E-state index is 0.136. The number of alkyl carbamates (subject to hydrolysis) is 1. The van der Waals surface area contributed by atoms with E-state index in [4.69, 9.17) is 9.47 Å². The number of methoxy groups -OCH3 is 1. The lowest BCUT2D eigenvalue weighted by Crippen LogP contribution is -2.56. The predicted molar refractivity (Wildman–Crippen MR) is 172 cm³/mol. The molecule has 4 N–H and O–H groups in total. The zero-order valence-corrected chi connectivity index (χ0v) is 27.4. The lowest BCUT2D eigenvalue weighted by molar-refractivity contribution is -0.146. The Morgan fingerprint density at radius 3 is 2.47 bits per heavy atom. The van der Waals surface area contributed by atoms with E-state index in [2.05, 4.69) is 34.4 Å². The van der Waals surface area contributed by atoms with E-state index in [0.29, 0.717) is 37.0 Å². The number of aliphatic hydroxyl groups excluding tert-OH is 1. The second kappa shape index (κ2) is 19.2. The van der Waals surface area contributed by atoms with Crippen molar-refractivity contribution in [2.45, 2.75) is 102 Å². The Labute approximate surface area is 267 Å². The van der Waals surface area contributed by atoms with Crippen LogP contribution in [0.5, 0.6) is 0 Å². The summed E-state index contributed by atoms with van der Waals surface area (Å²) < 4.78 is 10.6. The van der Waals surface area contributed by atoms with Crippen molar-refractivity contribution in [3.05, 3.63) is 54.1 Å². The Kier molecular flexibility index (Phi) is 15.3. The first-order chi connectivity index (χ1) is 21.7. The van der Waals surface area contributed by atoms with E-state index in [0.717, 1.165) is 37.7 Å². The highest BCUT2D eigenvalue weighted by atomic mass is 16.6. The number of aromatic amines is 1. The third-order valence-corrected chi connectivity index (χ3v) is 8.58. The van der Waals surface area contributed by atoms with Crippen LogP contribution in [0, 0.1) is 11.8 Å². The number of rotatable bonds is 18. The molecule has 2 aromatic rings. The second-order valence-electron chi connectivity index (χ2n) is 12.6. The number of ether oxygens (including phenoxy) is 2. The highest BCUT2D eigenvalue weighted by Gasteiger charge is 2.36. The van der Waals surface area contributed by atoms with Crippen molar-refractivity contribution in [2.24, 2.45) is 11.8 Å². The molecular weight excluding hydrogens is 574 g/mol. The molecule has 1 aromatic carbocycles. The van der Waals surface area contributed by atoms with Gasteiger partial charge in [0.1, 0.15) is 6.04 Å². The van der Waals surface area contributed by atoms with Crippen LogP contribution in [-0.2, 0) is 31.9 Å². The monoisotopic (exact) mass is 627 g/mol. The van der Waals surface area contributed by atoms with Crippen LogP contribution in [0.1, 0.15) is 76.5 Å². The van der Waals surface area contributed by atoms with Gasteiger partial charge in [0.15, 0.2) is 6.10 Å². The Hall–Kier alpha value is -3.44. The molecule has 11 nitrogen and oxygen atoms in total. The number of hydrogen-bond acceptors (Lipinski definition) is 7. The fourth-order valence-electron chi connectivity index (χ4n) is 5.90. The summed E-state index contributed by atoms with van der Waals surface area (Å²) in [6.45, 7) is 4.76. The molecule has 1 saturated carbocycles. The van der Waals surface area contributed by atoms with Crippen LogP contribution in [-0.4, -0.2) is 89.5 Å². The minimum atomic E-state index is -1.18. The van der Waals surface area contributed by atoms with E-state index in [1.165, 1.54) is 24.8 Å². The van der Waals surface area contributed by atoms with Crippen LogP contribution >= 0.6 is 0 Å². The van der Waals surface area contributed by atoms with Crippen molar-refractivity contribution in [1.29, 1.82) is 0 Å². The Bertz CT molecular complexity index is 1140. The van der Waals surface area contributed by atoms with Gasteiger partial charge in [-0.05, 0) is 36.7 Å². The van der Waals surface area contributed by atoms with Crippen molar-refractivity contribution in [2.75, 3.05) is 27.3 Å². The summed E-state index contributed by atoms with van der Waals surface area (Å²) in [7, 11) is 3.08. The predicted octanol–water partition coefficient (Wildman–Crippen LogP) is 4.02. The van der Waals surface area contributed by atoms with E-state index < -0.39 is 36.3 Å². The zero-order chi connectivity index (χ0) is 32.6. The van der Waals surface area contributed by atoms with E-state index in [9.17, 15) is 19.5 Å². The Morgan fingerprint density at radius 2 is 1.82 bits per heavy atom. The van der Waals surface area contributed by atoms with Gasteiger partial charge in [-0.2, -0.15) is 0 Å². The molecular formula is C34H53N5O6. The first-order valence-corrected chi connectivity index (χ1v) is 16.4. The van der Waals surface area contributed by atoms with Gasteiger partial charge in [-0.3, -0.25) is 9.59 Å². The number of hydrogen-bond donors (Lipinski definition) is 4. The van der Waals surface area contributed by atoms with Gasteiger partial charge in [0.2, 0.25) is 5.91 Å². The average Bonchev–Trinajstić information content (AvgIpc) is 3.55. The molecule has 11 heteroatoms. The molecule has 0 unspecified atom stereocenters. The number of benzene rings is 1.